The predicted molar refractivity (Wildman–Crippen MR) is 72.1 cm³/mol. The van der Waals surface area contributed by atoms with Crippen LogP contribution in [0, 0.1) is 11.3 Å². The van der Waals surface area contributed by atoms with E-state index in [-0.39, 0.29) is 12.0 Å². The Balaban J connectivity index is 1.67. The lowest BCUT2D eigenvalue weighted by Crippen LogP contribution is -2.52. The molecule has 0 aromatic carbocycles. The van der Waals surface area contributed by atoms with Gasteiger partial charge in [-0.05, 0) is 12.1 Å². The first-order valence-corrected chi connectivity index (χ1v) is 6.80. The molecule has 3 heterocycles. The third-order valence-electron chi connectivity index (χ3n) is 3.87. The summed E-state index contributed by atoms with van der Waals surface area (Å²) in [6.45, 7) is 3.66. The van der Waals surface area contributed by atoms with E-state index in [1.807, 2.05) is 0 Å². The van der Waals surface area contributed by atoms with Crippen LogP contribution in [-0.2, 0) is 9.53 Å². The van der Waals surface area contributed by atoms with Gasteiger partial charge in [0.2, 0.25) is 0 Å². The molecule has 0 amide bonds. The van der Waals surface area contributed by atoms with E-state index in [0.717, 1.165) is 38.4 Å². The fourth-order valence-electron chi connectivity index (χ4n) is 2.80. The van der Waals surface area contributed by atoms with Crippen molar-refractivity contribution in [3.8, 4) is 6.07 Å². The van der Waals surface area contributed by atoms with Gasteiger partial charge in [0.15, 0.2) is 0 Å². The molecule has 0 radical (unpaired) electrons. The average Bonchev–Trinajstić information content (AvgIpc) is 2.93. The number of esters is 1. The molecule has 0 saturated carbocycles. The summed E-state index contributed by atoms with van der Waals surface area (Å²) in [5.74, 6) is 0.637. The van der Waals surface area contributed by atoms with Crippen LogP contribution < -0.4 is 4.90 Å². The van der Waals surface area contributed by atoms with Crippen molar-refractivity contribution in [1.29, 1.82) is 5.26 Å². The Morgan fingerprint density at radius 1 is 1.35 bits per heavy atom. The van der Waals surface area contributed by atoms with Crippen LogP contribution in [0.25, 0.3) is 0 Å². The van der Waals surface area contributed by atoms with Crippen LogP contribution >= 0.6 is 0 Å². The van der Waals surface area contributed by atoms with Crippen molar-refractivity contribution in [3.63, 3.8) is 0 Å². The van der Waals surface area contributed by atoms with Gasteiger partial charge in [-0.25, -0.2) is 4.98 Å². The van der Waals surface area contributed by atoms with E-state index < -0.39 is 0 Å². The number of hydrogen-bond acceptors (Lipinski definition) is 6. The van der Waals surface area contributed by atoms with Crippen molar-refractivity contribution in [2.45, 2.75) is 12.5 Å². The zero-order valence-corrected chi connectivity index (χ0v) is 11.2. The smallest absolute Gasteiger partial charge is 0.323 e. The molecule has 2 fully saturated rings. The quantitative estimate of drug-likeness (QED) is 0.725. The number of carbonyl (C=O) groups is 1. The molecule has 2 aliphatic heterocycles. The molecule has 0 aliphatic carbocycles. The molecule has 6 heteroatoms. The van der Waals surface area contributed by atoms with Gasteiger partial charge in [-0.15, -0.1) is 0 Å². The number of cyclic esters (lactones) is 1. The average molecular weight is 272 g/mol. The van der Waals surface area contributed by atoms with Gasteiger partial charge < -0.3 is 9.64 Å². The number of carbonyl (C=O) groups excluding carboxylic acids is 1. The SMILES string of the molecule is N#Cc1cccnc1N1CCN(C2CCOC2=O)CC1. The van der Waals surface area contributed by atoms with E-state index in [1.54, 1.807) is 18.3 Å². The van der Waals surface area contributed by atoms with Crippen molar-refractivity contribution < 1.29 is 9.53 Å². The van der Waals surface area contributed by atoms with Gasteiger partial charge >= 0.3 is 5.97 Å². The number of nitriles is 1. The number of rotatable bonds is 2. The molecule has 1 atom stereocenters. The van der Waals surface area contributed by atoms with Gasteiger partial charge in [0, 0.05) is 38.8 Å². The lowest BCUT2D eigenvalue weighted by atomic mass is 10.1. The maximum Gasteiger partial charge on any atom is 0.323 e. The molecule has 20 heavy (non-hydrogen) atoms. The molecule has 1 aromatic rings. The predicted octanol–water partition coefficient (Wildman–Crippen LogP) is 0.391. The number of ether oxygens (including phenoxy) is 1. The highest BCUT2D eigenvalue weighted by molar-refractivity contribution is 5.77. The zero-order valence-electron chi connectivity index (χ0n) is 11.2. The molecule has 6 nitrogen and oxygen atoms in total. The van der Waals surface area contributed by atoms with E-state index in [1.165, 1.54) is 0 Å². The van der Waals surface area contributed by atoms with E-state index in [2.05, 4.69) is 20.9 Å². The summed E-state index contributed by atoms with van der Waals surface area (Å²) < 4.78 is 5.02. The Bertz CT molecular complexity index is 546. The first-order valence-electron chi connectivity index (χ1n) is 6.80. The lowest BCUT2D eigenvalue weighted by Gasteiger charge is -2.37. The van der Waals surface area contributed by atoms with Gasteiger partial charge in [-0.1, -0.05) is 0 Å². The fourth-order valence-corrected chi connectivity index (χ4v) is 2.80. The third kappa shape index (κ3) is 2.32. The summed E-state index contributed by atoms with van der Waals surface area (Å²) in [5, 5.41) is 9.12. The van der Waals surface area contributed by atoms with E-state index in [0.29, 0.717) is 12.2 Å². The third-order valence-corrected chi connectivity index (χ3v) is 3.87. The minimum absolute atomic E-state index is 0.0867. The van der Waals surface area contributed by atoms with Crippen LogP contribution in [0.4, 0.5) is 5.82 Å². The monoisotopic (exact) mass is 272 g/mol. The minimum atomic E-state index is -0.103. The van der Waals surface area contributed by atoms with Gasteiger partial charge in [-0.2, -0.15) is 5.26 Å². The molecule has 2 saturated heterocycles. The normalized spacial score (nSPS) is 23.4. The van der Waals surface area contributed by atoms with Crippen LogP contribution in [-0.4, -0.2) is 54.7 Å². The van der Waals surface area contributed by atoms with Crippen molar-refractivity contribution in [2.24, 2.45) is 0 Å². The molecule has 0 N–H and O–H groups in total. The van der Waals surface area contributed by atoms with Crippen LogP contribution in [0.15, 0.2) is 18.3 Å². The molecule has 1 aromatic heterocycles. The number of pyridine rings is 1. The number of piperazine rings is 1. The maximum atomic E-state index is 11.6. The van der Waals surface area contributed by atoms with Crippen LogP contribution in [0.3, 0.4) is 0 Å². The highest BCUT2D eigenvalue weighted by atomic mass is 16.5. The summed E-state index contributed by atoms with van der Waals surface area (Å²) in [6.07, 6.45) is 2.49. The highest BCUT2D eigenvalue weighted by Gasteiger charge is 2.34. The van der Waals surface area contributed by atoms with Crippen molar-refractivity contribution in [3.05, 3.63) is 23.9 Å². The second-order valence-corrected chi connectivity index (χ2v) is 4.98. The second kappa shape index (κ2) is 5.47. The van der Waals surface area contributed by atoms with Crippen molar-refractivity contribution >= 4 is 11.8 Å². The summed E-state index contributed by atoms with van der Waals surface area (Å²) in [5.41, 5.74) is 0.598. The number of aromatic nitrogens is 1. The standard InChI is InChI=1S/C14H16N4O2/c15-10-11-2-1-4-16-13(11)18-7-5-17(6-8-18)12-3-9-20-14(12)19/h1-2,4,12H,3,5-9H2. The Kier molecular flexibility index (Phi) is 3.52. The first kappa shape index (κ1) is 12.9. The van der Waals surface area contributed by atoms with Crippen LogP contribution in [0.5, 0.6) is 0 Å². The second-order valence-electron chi connectivity index (χ2n) is 4.98. The van der Waals surface area contributed by atoms with Crippen molar-refractivity contribution in [1.82, 2.24) is 9.88 Å². The zero-order chi connectivity index (χ0) is 13.9. The van der Waals surface area contributed by atoms with Crippen LogP contribution in [0.1, 0.15) is 12.0 Å². The molecule has 3 rings (SSSR count). The molecule has 1 unspecified atom stereocenters. The molecule has 0 bridgehead atoms. The van der Waals surface area contributed by atoms with Gasteiger partial charge in [0.25, 0.3) is 0 Å². The van der Waals surface area contributed by atoms with E-state index in [9.17, 15) is 4.79 Å². The summed E-state index contributed by atoms with van der Waals surface area (Å²) in [7, 11) is 0. The van der Waals surface area contributed by atoms with Gasteiger partial charge in [0.1, 0.15) is 17.9 Å². The molecular formula is C14H16N4O2. The van der Waals surface area contributed by atoms with E-state index in [4.69, 9.17) is 10.00 Å². The molecule has 104 valence electrons. The molecule has 0 spiro atoms. The number of anilines is 1. The Morgan fingerprint density at radius 3 is 2.80 bits per heavy atom. The number of hydrogen-bond donors (Lipinski definition) is 0. The topological polar surface area (TPSA) is 69.5 Å². The van der Waals surface area contributed by atoms with Crippen LogP contribution in [0.2, 0.25) is 0 Å². The molecule has 2 aliphatic rings. The lowest BCUT2D eigenvalue weighted by molar-refractivity contribution is -0.142. The van der Waals surface area contributed by atoms with E-state index >= 15 is 0 Å². The van der Waals surface area contributed by atoms with Crippen molar-refractivity contribution in [2.75, 3.05) is 37.7 Å². The Morgan fingerprint density at radius 2 is 2.15 bits per heavy atom. The van der Waals surface area contributed by atoms with Gasteiger partial charge in [0.05, 0.1) is 12.2 Å². The largest absolute Gasteiger partial charge is 0.464 e. The Labute approximate surface area is 117 Å². The maximum absolute atomic E-state index is 11.6. The summed E-state index contributed by atoms with van der Waals surface area (Å²) >= 11 is 0. The Hall–Kier alpha value is -2.13. The number of nitrogens with zero attached hydrogens (tertiary/aromatic N) is 4. The highest BCUT2D eigenvalue weighted by Crippen LogP contribution is 2.21. The first-order chi connectivity index (χ1) is 9.79. The summed E-state index contributed by atoms with van der Waals surface area (Å²) in [4.78, 5) is 20.2. The minimum Gasteiger partial charge on any atom is -0.464 e. The summed E-state index contributed by atoms with van der Waals surface area (Å²) in [6, 6.07) is 5.64. The molecular weight excluding hydrogens is 256 g/mol. The van der Waals surface area contributed by atoms with Gasteiger partial charge in [-0.3, -0.25) is 9.69 Å². The fraction of sp³-hybridized carbons (Fsp3) is 0.500.